The van der Waals surface area contributed by atoms with Crippen molar-refractivity contribution >= 4 is 28.9 Å². The summed E-state index contributed by atoms with van der Waals surface area (Å²) < 4.78 is 5.57. The van der Waals surface area contributed by atoms with Gasteiger partial charge in [0.25, 0.3) is 5.91 Å². The maximum absolute atomic E-state index is 11.9. The molecule has 1 aromatic carbocycles. The summed E-state index contributed by atoms with van der Waals surface area (Å²) in [6, 6.07) is 3.31. The fourth-order valence-electron chi connectivity index (χ4n) is 1.75. The van der Waals surface area contributed by atoms with Crippen molar-refractivity contribution in [3.63, 3.8) is 0 Å². The molecular formula is C11H13ClN2O2. The van der Waals surface area contributed by atoms with E-state index in [1.807, 2.05) is 6.92 Å². The van der Waals surface area contributed by atoms with Gasteiger partial charge < -0.3 is 15.4 Å². The molecule has 1 aliphatic heterocycles. The van der Waals surface area contributed by atoms with E-state index >= 15 is 0 Å². The zero-order valence-electron chi connectivity index (χ0n) is 9.16. The summed E-state index contributed by atoms with van der Waals surface area (Å²) >= 11 is 6.04. The Bertz CT molecular complexity index is 448. The third-order valence-electron chi connectivity index (χ3n) is 2.64. The molecule has 0 radical (unpaired) electrons. The molecule has 1 heterocycles. The molecule has 0 fully saturated rings. The van der Waals surface area contributed by atoms with Crippen LogP contribution in [-0.2, 0) is 4.79 Å². The van der Waals surface area contributed by atoms with Crippen LogP contribution in [0.5, 0.6) is 5.75 Å². The number of halogens is 1. The highest BCUT2D eigenvalue weighted by Crippen LogP contribution is 2.41. The van der Waals surface area contributed by atoms with E-state index in [-0.39, 0.29) is 5.91 Å². The van der Waals surface area contributed by atoms with E-state index in [0.29, 0.717) is 28.6 Å². The van der Waals surface area contributed by atoms with Crippen LogP contribution in [0.25, 0.3) is 0 Å². The number of nitrogens with two attached hydrogens (primary N) is 1. The fourth-order valence-corrected chi connectivity index (χ4v) is 2.02. The average molecular weight is 241 g/mol. The lowest BCUT2D eigenvalue weighted by Gasteiger charge is -2.32. The Labute approximate surface area is 98.9 Å². The number of benzene rings is 1. The average Bonchev–Trinajstić information content (AvgIpc) is 2.24. The van der Waals surface area contributed by atoms with Gasteiger partial charge in [-0.3, -0.25) is 4.79 Å². The maximum Gasteiger partial charge on any atom is 0.267 e. The minimum atomic E-state index is -0.460. The zero-order chi connectivity index (χ0) is 11.9. The standard InChI is InChI=1S/C11H13ClN2O2/c1-3-9-11(15)14(2)8-5-6(13)4-7(12)10(8)16-9/h4-5,9H,3,13H2,1-2H3. The zero-order valence-corrected chi connectivity index (χ0v) is 9.91. The number of amides is 1. The second-order valence-electron chi connectivity index (χ2n) is 3.76. The lowest BCUT2D eigenvalue weighted by Crippen LogP contribution is -2.43. The second kappa shape index (κ2) is 3.87. The molecule has 2 N–H and O–H groups in total. The number of likely N-dealkylation sites (N-methyl/N-ethyl adjacent to an activating group) is 1. The highest BCUT2D eigenvalue weighted by atomic mass is 35.5. The van der Waals surface area contributed by atoms with Crippen LogP contribution in [0.2, 0.25) is 5.02 Å². The molecule has 86 valence electrons. The van der Waals surface area contributed by atoms with Gasteiger partial charge in [0.15, 0.2) is 11.9 Å². The first-order valence-corrected chi connectivity index (χ1v) is 5.45. The normalized spacial score (nSPS) is 19.3. The summed E-state index contributed by atoms with van der Waals surface area (Å²) in [6.45, 7) is 1.90. The van der Waals surface area contributed by atoms with E-state index in [4.69, 9.17) is 22.1 Å². The first-order chi connectivity index (χ1) is 7.54. The van der Waals surface area contributed by atoms with Gasteiger partial charge >= 0.3 is 0 Å². The topological polar surface area (TPSA) is 55.6 Å². The first-order valence-electron chi connectivity index (χ1n) is 5.07. The summed E-state index contributed by atoms with van der Waals surface area (Å²) in [6.07, 6.45) is 0.155. The lowest BCUT2D eigenvalue weighted by atomic mass is 10.1. The molecule has 0 saturated heterocycles. The van der Waals surface area contributed by atoms with E-state index in [2.05, 4.69) is 0 Å². The van der Waals surface area contributed by atoms with Gasteiger partial charge in [-0.05, 0) is 18.6 Å². The van der Waals surface area contributed by atoms with Gasteiger partial charge in [-0.1, -0.05) is 18.5 Å². The quantitative estimate of drug-likeness (QED) is 0.765. The molecule has 1 aromatic rings. The van der Waals surface area contributed by atoms with Gasteiger partial charge in [-0.25, -0.2) is 0 Å². The molecule has 1 atom stereocenters. The molecule has 1 aliphatic rings. The predicted molar refractivity (Wildman–Crippen MR) is 64.0 cm³/mol. The van der Waals surface area contributed by atoms with Crippen LogP contribution in [0.4, 0.5) is 11.4 Å². The lowest BCUT2D eigenvalue weighted by molar-refractivity contribution is -0.126. The largest absolute Gasteiger partial charge is 0.477 e. The number of ether oxygens (including phenoxy) is 1. The number of hydrogen-bond donors (Lipinski definition) is 1. The maximum atomic E-state index is 11.9. The van der Waals surface area contributed by atoms with Gasteiger partial charge in [0.1, 0.15) is 0 Å². The SMILES string of the molecule is CCC1Oc2c(Cl)cc(N)cc2N(C)C1=O. The molecule has 2 rings (SSSR count). The van der Waals surface area contributed by atoms with Crippen molar-refractivity contribution in [1.29, 1.82) is 0 Å². The van der Waals surface area contributed by atoms with Crippen LogP contribution >= 0.6 is 11.6 Å². The van der Waals surface area contributed by atoms with Gasteiger partial charge in [0.2, 0.25) is 0 Å². The fraction of sp³-hybridized carbons (Fsp3) is 0.364. The Morgan fingerprint density at radius 1 is 1.56 bits per heavy atom. The summed E-state index contributed by atoms with van der Waals surface area (Å²) in [7, 11) is 1.70. The van der Waals surface area contributed by atoms with E-state index in [1.54, 1.807) is 19.2 Å². The van der Waals surface area contributed by atoms with E-state index in [1.165, 1.54) is 4.90 Å². The number of hydrogen-bond acceptors (Lipinski definition) is 3. The van der Waals surface area contributed by atoms with E-state index in [9.17, 15) is 4.79 Å². The van der Waals surface area contributed by atoms with Crippen molar-refractivity contribution in [1.82, 2.24) is 0 Å². The van der Waals surface area contributed by atoms with Crippen LogP contribution in [0.15, 0.2) is 12.1 Å². The monoisotopic (exact) mass is 240 g/mol. The summed E-state index contributed by atoms with van der Waals surface area (Å²) in [5, 5.41) is 0.438. The highest BCUT2D eigenvalue weighted by Gasteiger charge is 2.32. The number of nitrogens with zero attached hydrogens (tertiary/aromatic N) is 1. The number of fused-ring (bicyclic) bond motifs is 1. The number of nitrogen functional groups attached to an aromatic ring is 1. The molecular weight excluding hydrogens is 228 g/mol. The molecule has 0 saturated carbocycles. The number of anilines is 2. The van der Waals surface area contributed by atoms with Gasteiger partial charge in [0, 0.05) is 12.7 Å². The van der Waals surface area contributed by atoms with Crippen molar-refractivity contribution in [2.45, 2.75) is 19.4 Å². The Morgan fingerprint density at radius 2 is 2.25 bits per heavy atom. The molecule has 4 nitrogen and oxygen atoms in total. The summed E-state index contributed by atoms with van der Waals surface area (Å²) in [5.41, 5.74) is 6.82. The van der Waals surface area contributed by atoms with Crippen LogP contribution in [0.3, 0.4) is 0 Å². The van der Waals surface area contributed by atoms with Gasteiger partial charge in [-0.15, -0.1) is 0 Å². The molecule has 0 aromatic heterocycles. The Hall–Kier alpha value is -1.42. The first kappa shape index (κ1) is 11.1. The number of carbonyl (C=O) groups excluding carboxylic acids is 1. The summed E-state index contributed by atoms with van der Waals surface area (Å²) in [5.74, 6) is 0.460. The van der Waals surface area contributed by atoms with Crippen molar-refractivity contribution in [3.8, 4) is 5.75 Å². The van der Waals surface area contributed by atoms with Crippen LogP contribution < -0.4 is 15.4 Å². The van der Waals surface area contributed by atoms with Crippen molar-refractivity contribution < 1.29 is 9.53 Å². The minimum absolute atomic E-state index is 0.0725. The number of rotatable bonds is 1. The third-order valence-corrected chi connectivity index (χ3v) is 2.93. The Morgan fingerprint density at radius 3 is 2.88 bits per heavy atom. The molecule has 0 spiro atoms. The second-order valence-corrected chi connectivity index (χ2v) is 4.17. The van der Waals surface area contributed by atoms with Crippen LogP contribution in [0, 0.1) is 0 Å². The highest BCUT2D eigenvalue weighted by molar-refractivity contribution is 6.33. The molecule has 1 amide bonds. The molecule has 5 heteroatoms. The molecule has 0 aliphatic carbocycles. The van der Waals surface area contributed by atoms with E-state index < -0.39 is 6.10 Å². The molecule has 1 unspecified atom stereocenters. The Balaban J connectivity index is 2.54. The van der Waals surface area contributed by atoms with Crippen molar-refractivity contribution in [3.05, 3.63) is 17.2 Å². The molecule has 16 heavy (non-hydrogen) atoms. The third kappa shape index (κ3) is 1.59. The van der Waals surface area contributed by atoms with Crippen LogP contribution in [0.1, 0.15) is 13.3 Å². The van der Waals surface area contributed by atoms with Gasteiger partial charge in [0.05, 0.1) is 10.7 Å². The summed E-state index contributed by atoms with van der Waals surface area (Å²) in [4.78, 5) is 13.4. The Kier molecular flexibility index (Phi) is 2.68. The van der Waals surface area contributed by atoms with Crippen molar-refractivity contribution in [2.24, 2.45) is 0 Å². The minimum Gasteiger partial charge on any atom is -0.477 e. The van der Waals surface area contributed by atoms with E-state index in [0.717, 1.165) is 0 Å². The predicted octanol–water partition coefficient (Wildman–Crippen LogP) is 2.06. The van der Waals surface area contributed by atoms with Crippen LogP contribution in [-0.4, -0.2) is 19.1 Å². The number of carbonyl (C=O) groups is 1. The van der Waals surface area contributed by atoms with Gasteiger partial charge in [-0.2, -0.15) is 0 Å². The smallest absolute Gasteiger partial charge is 0.267 e. The molecule has 0 bridgehead atoms. The van der Waals surface area contributed by atoms with Crippen molar-refractivity contribution in [2.75, 3.05) is 17.7 Å².